The third-order valence-electron chi connectivity index (χ3n) is 6.83. The van der Waals surface area contributed by atoms with Gasteiger partial charge in [-0.2, -0.15) is 0 Å². The van der Waals surface area contributed by atoms with E-state index in [0.29, 0.717) is 32.3 Å². The Balaban J connectivity index is 1.52. The second-order valence-electron chi connectivity index (χ2n) is 9.04. The van der Waals surface area contributed by atoms with Crippen LogP contribution in [-0.4, -0.2) is 59.0 Å². The monoisotopic (exact) mass is 492 g/mol. The highest BCUT2D eigenvalue weighted by Gasteiger charge is 2.32. The Bertz CT molecular complexity index is 1110. The van der Waals surface area contributed by atoms with Crippen molar-refractivity contribution in [2.45, 2.75) is 48.6 Å². The van der Waals surface area contributed by atoms with Gasteiger partial charge in [-0.3, -0.25) is 9.36 Å². The molecular weight excluding hydrogens is 460 g/mol. The van der Waals surface area contributed by atoms with E-state index in [-0.39, 0.29) is 11.2 Å². The van der Waals surface area contributed by atoms with E-state index in [4.69, 9.17) is 9.47 Å². The number of carbonyl (C=O) groups is 1. The third-order valence-corrected chi connectivity index (χ3v) is 8.02. The first kappa shape index (κ1) is 23.9. The van der Waals surface area contributed by atoms with E-state index < -0.39 is 0 Å². The van der Waals surface area contributed by atoms with Gasteiger partial charge < -0.3 is 14.4 Å². The number of ether oxygens (including phenoxy) is 2. The minimum Gasteiger partial charge on any atom is -0.497 e. The van der Waals surface area contributed by atoms with Crippen LogP contribution in [-0.2, 0) is 9.53 Å². The smallest absolute Gasteiger partial charge is 0.240 e. The zero-order chi connectivity index (χ0) is 24.0. The summed E-state index contributed by atoms with van der Waals surface area (Å²) in [6.07, 6.45) is 5.86. The molecule has 1 aliphatic heterocycles. The van der Waals surface area contributed by atoms with E-state index in [1.807, 2.05) is 59.5 Å². The van der Waals surface area contributed by atoms with Crippen molar-refractivity contribution < 1.29 is 14.3 Å². The van der Waals surface area contributed by atoms with Gasteiger partial charge in [0.1, 0.15) is 11.0 Å². The molecule has 2 fully saturated rings. The van der Waals surface area contributed by atoms with Gasteiger partial charge in [0.2, 0.25) is 5.91 Å². The van der Waals surface area contributed by atoms with Gasteiger partial charge in [-0.15, -0.1) is 10.2 Å². The summed E-state index contributed by atoms with van der Waals surface area (Å²) < 4.78 is 13.1. The Kier molecular flexibility index (Phi) is 7.69. The van der Waals surface area contributed by atoms with Crippen LogP contribution >= 0.6 is 11.8 Å². The zero-order valence-electron chi connectivity index (χ0n) is 20.1. The number of amides is 1. The molecule has 8 heteroatoms. The number of thioether (sulfide) groups is 1. The lowest BCUT2D eigenvalue weighted by Crippen LogP contribution is -2.42. The molecular formula is C27H32N4O3S. The summed E-state index contributed by atoms with van der Waals surface area (Å²) in [5.41, 5.74) is 1.99. The van der Waals surface area contributed by atoms with Crippen molar-refractivity contribution in [1.82, 2.24) is 19.7 Å². The fraction of sp³-hybridized carbons (Fsp3) is 0.444. The van der Waals surface area contributed by atoms with Gasteiger partial charge in [0.05, 0.1) is 20.3 Å². The first-order valence-electron chi connectivity index (χ1n) is 12.4. The van der Waals surface area contributed by atoms with Crippen LogP contribution < -0.4 is 4.74 Å². The Labute approximate surface area is 210 Å². The SMILES string of the molecule is COc1ccc(-c2nnc(SC(C(=O)N3CCOCC3)c3ccccc3)n2C2CCCCC2)cc1. The van der Waals surface area contributed by atoms with Crippen molar-refractivity contribution in [3.8, 4) is 17.1 Å². The number of aromatic nitrogens is 3. The maximum atomic E-state index is 13.7. The Morgan fingerprint density at radius 3 is 2.40 bits per heavy atom. The molecule has 0 radical (unpaired) electrons. The largest absolute Gasteiger partial charge is 0.497 e. The van der Waals surface area contributed by atoms with Crippen molar-refractivity contribution in [3.05, 3.63) is 60.2 Å². The van der Waals surface area contributed by atoms with Gasteiger partial charge >= 0.3 is 0 Å². The van der Waals surface area contributed by atoms with Crippen molar-refractivity contribution in [3.63, 3.8) is 0 Å². The molecule has 1 aromatic heterocycles. The minimum absolute atomic E-state index is 0.105. The molecule has 0 N–H and O–H groups in total. The van der Waals surface area contributed by atoms with Crippen LogP contribution in [0.15, 0.2) is 59.8 Å². The molecule has 35 heavy (non-hydrogen) atoms. The summed E-state index contributed by atoms with van der Waals surface area (Å²) >= 11 is 1.52. The van der Waals surface area contributed by atoms with Crippen LogP contribution in [0.3, 0.4) is 0 Å². The molecule has 0 bridgehead atoms. The Hall–Kier alpha value is -2.84. The predicted molar refractivity (Wildman–Crippen MR) is 137 cm³/mol. The highest BCUT2D eigenvalue weighted by molar-refractivity contribution is 8.00. The number of hydrogen-bond acceptors (Lipinski definition) is 6. The zero-order valence-corrected chi connectivity index (χ0v) is 21.0. The molecule has 184 valence electrons. The summed E-state index contributed by atoms with van der Waals surface area (Å²) in [6, 6.07) is 18.3. The number of benzene rings is 2. The van der Waals surface area contributed by atoms with Crippen LogP contribution in [0.25, 0.3) is 11.4 Å². The lowest BCUT2D eigenvalue weighted by atomic mass is 9.95. The second kappa shape index (κ2) is 11.3. The maximum Gasteiger partial charge on any atom is 0.240 e. The number of methoxy groups -OCH3 is 1. The van der Waals surface area contributed by atoms with E-state index in [9.17, 15) is 4.79 Å². The molecule has 3 aromatic rings. The summed E-state index contributed by atoms with van der Waals surface area (Å²) in [4.78, 5) is 15.6. The van der Waals surface area contributed by atoms with Crippen LogP contribution in [0.2, 0.25) is 0 Å². The highest BCUT2D eigenvalue weighted by Crippen LogP contribution is 2.41. The van der Waals surface area contributed by atoms with Gasteiger partial charge in [-0.25, -0.2) is 0 Å². The van der Waals surface area contributed by atoms with Crippen molar-refractivity contribution in [2.24, 2.45) is 0 Å². The first-order chi connectivity index (χ1) is 17.2. The molecule has 5 rings (SSSR count). The van der Waals surface area contributed by atoms with Crippen LogP contribution in [0, 0.1) is 0 Å². The van der Waals surface area contributed by atoms with Gasteiger partial charge in [-0.1, -0.05) is 61.4 Å². The fourth-order valence-electron chi connectivity index (χ4n) is 4.91. The minimum atomic E-state index is -0.385. The average Bonchev–Trinajstić information content (AvgIpc) is 3.36. The summed E-state index contributed by atoms with van der Waals surface area (Å²) in [5.74, 6) is 1.77. The number of carbonyl (C=O) groups excluding carboxylic acids is 1. The molecule has 1 saturated heterocycles. The number of morpholine rings is 1. The normalized spacial score (nSPS) is 17.8. The van der Waals surface area contributed by atoms with Crippen molar-refractivity contribution in [1.29, 1.82) is 0 Å². The number of nitrogens with zero attached hydrogens (tertiary/aromatic N) is 4. The fourth-order valence-corrected chi connectivity index (χ4v) is 6.10. The lowest BCUT2D eigenvalue weighted by Gasteiger charge is -2.31. The lowest BCUT2D eigenvalue weighted by molar-refractivity contribution is -0.134. The van der Waals surface area contributed by atoms with Crippen LogP contribution in [0.4, 0.5) is 0 Å². The van der Waals surface area contributed by atoms with E-state index in [2.05, 4.69) is 14.8 Å². The molecule has 2 heterocycles. The van der Waals surface area contributed by atoms with Crippen LogP contribution in [0.5, 0.6) is 5.75 Å². The molecule has 2 aromatic carbocycles. The van der Waals surface area contributed by atoms with Crippen LogP contribution in [0.1, 0.15) is 49.0 Å². The van der Waals surface area contributed by atoms with E-state index in [1.165, 1.54) is 31.0 Å². The van der Waals surface area contributed by atoms with E-state index >= 15 is 0 Å². The molecule has 1 unspecified atom stereocenters. The highest BCUT2D eigenvalue weighted by atomic mass is 32.2. The molecule has 1 atom stereocenters. The molecule has 1 saturated carbocycles. The summed E-state index contributed by atoms with van der Waals surface area (Å²) in [7, 11) is 1.67. The first-order valence-corrected chi connectivity index (χ1v) is 13.3. The van der Waals surface area contributed by atoms with Crippen molar-refractivity contribution >= 4 is 17.7 Å². The topological polar surface area (TPSA) is 69.5 Å². The predicted octanol–water partition coefficient (Wildman–Crippen LogP) is 5.15. The van der Waals surface area contributed by atoms with Gasteiger partial charge in [0.15, 0.2) is 11.0 Å². The van der Waals surface area contributed by atoms with E-state index in [1.54, 1.807) is 7.11 Å². The summed E-state index contributed by atoms with van der Waals surface area (Å²) in [5, 5.41) is 9.71. The summed E-state index contributed by atoms with van der Waals surface area (Å²) in [6.45, 7) is 2.40. The van der Waals surface area contributed by atoms with E-state index in [0.717, 1.165) is 40.7 Å². The second-order valence-corrected chi connectivity index (χ2v) is 10.1. The molecule has 0 spiro atoms. The number of rotatable bonds is 7. The maximum absolute atomic E-state index is 13.7. The Morgan fingerprint density at radius 1 is 1.00 bits per heavy atom. The Morgan fingerprint density at radius 2 is 1.71 bits per heavy atom. The van der Waals surface area contributed by atoms with Gasteiger partial charge in [0, 0.05) is 24.7 Å². The van der Waals surface area contributed by atoms with Gasteiger partial charge in [-0.05, 0) is 42.7 Å². The molecule has 2 aliphatic rings. The van der Waals surface area contributed by atoms with Gasteiger partial charge in [0.25, 0.3) is 0 Å². The number of hydrogen-bond donors (Lipinski definition) is 0. The quantitative estimate of drug-likeness (QED) is 0.425. The third kappa shape index (κ3) is 5.38. The molecule has 1 aliphatic carbocycles. The molecule has 1 amide bonds. The average molecular weight is 493 g/mol. The standard InChI is InChI=1S/C27H32N4O3S/c1-33-23-14-12-21(13-15-23)25-28-29-27(31(25)22-10-6-3-7-11-22)35-24(20-8-4-2-5-9-20)26(32)30-16-18-34-19-17-30/h2,4-5,8-9,12-15,22,24H,3,6-7,10-11,16-19H2,1H3. The molecule has 7 nitrogen and oxygen atoms in total. The van der Waals surface area contributed by atoms with Crippen molar-refractivity contribution in [2.75, 3.05) is 33.4 Å².